The van der Waals surface area contributed by atoms with E-state index in [2.05, 4.69) is 4.98 Å². The largest absolute Gasteiger partial charge is 0.239 e. The van der Waals surface area contributed by atoms with Gasteiger partial charge in [0, 0.05) is 17.0 Å². The van der Waals surface area contributed by atoms with Crippen molar-refractivity contribution in [1.29, 1.82) is 0 Å². The van der Waals surface area contributed by atoms with Crippen molar-refractivity contribution < 1.29 is 8.42 Å². The van der Waals surface area contributed by atoms with Gasteiger partial charge in [0.1, 0.15) is 5.01 Å². The third kappa shape index (κ3) is 3.55. The van der Waals surface area contributed by atoms with E-state index in [1.807, 2.05) is 24.3 Å². The average Bonchev–Trinajstić information content (AvgIpc) is 3.28. The van der Waals surface area contributed by atoms with Crippen LogP contribution in [0.1, 0.15) is 29.5 Å². The fraction of sp³-hybridized carbons (Fsp3) is 0.211. The standard InChI is InChI=1S/C19H17ClN2O2S2/c20-15-9-7-14(8-10-15)11-13-26(23,24)22-12-3-5-17(22)19-21-16-4-1-2-6-18(16)25-19/h1-2,4,6-11,13,17H,3,5,12H2/b13-11+. The lowest BCUT2D eigenvalue weighted by atomic mass is 10.2. The van der Waals surface area contributed by atoms with Gasteiger partial charge >= 0.3 is 0 Å². The number of thiazole rings is 1. The highest BCUT2D eigenvalue weighted by Gasteiger charge is 2.35. The van der Waals surface area contributed by atoms with Crippen LogP contribution in [0.2, 0.25) is 5.02 Å². The molecule has 0 N–H and O–H groups in total. The molecule has 0 aliphatic carbocycles. The molecule has 1 aromatic heterocycles. The van der Waals surface area contributed by atoms with Gasteiger partial charge in [-0.05, 0) is 48.7 Å². The summed E-state index contributed by atoms with van der Waals surface area (Å²) in [7, 11) is -3.52. The highest BCUT2D eigenvalue weighted by molar-refractivity contribution is 7.92. The predicted molar refractivity (Wildman–Crippen MR) is 108 cm³/mol. The van der Waals surface area contributed by atoms with E-state index in [9.17, 15) is 8.42 Å². The molecule has 3 aromatic rings. The van der Waals surface area contributed by atoms with E-state index >= 15 is 0 Å². The maximum absolute atomic E-state index is 12.9. The molecule has 4 rings (SSSR count). The lowest BCUT2D eigenvalue weighted by Crippen LogP contribution is -2.28. The van der Waals surface area contributed by atoms with Crippen LogP contribution in [0, 0.1) is 0 Å². The summed E-state index contributed by atoms with van der Waals surface area (Å²) in [5.41, 5.74) is 1.72. The molecule has 1 atom stereocenters. The molecule has 1 saturated heterocycles. The van der Waals surface area contributed by atoms with Crippen LogP contribution in [0.5, 0.6) is 0 Å². The molecule has 1 fully saturated rings. The van der Waals surface area contributed by atoms with Crippen molar-refractivity contribution in [3.63, 3.8) is 0 Å². The Labute approximate surface area is 161 Å². The lowest BCUT2D eigenvalue weighted by molar-refractivity contribution is 0.402. The first-order valence-corrected chi connectivity index (χ1v) is 11.0. The van der Waals surface area contributed by atoms with Crippen LogP contribution in [0.15, 0.2) is 53.9 Å². The number of halogens is 1. The van der Waals surface area contributed by atoms with Gasteiger partial charge in [-0.15, -0.1) is 11.3 Å². The van der Waals surface area contributed by atoms with E-state index in [1.54, 1.807) is 46.0 Å². The molecule has 0 radical (unpaired) electrons. The minimum atomic E-state index is -3.52. The summed E-state index contributed by atoms with van der Waals surface area (Å²) in [6.45, 7) is 0.522. The third-order valence-electron chi connectivity index (χ3n) is 4.43. The molecule has 0 bridgehead atoms. The number of nitrogens with zero attached hydrogens (tertiary/aromatic N) is 2. The molecular formula is C19H17ClN2O2S2. The van der Waals surface area contributed by atoms with Gasteiger partial charge in [-0.1, -0.05) is 35.9 Å². The second kappa shape index (κ2) is 7.12. The van der Waals surface area contributed by atoms with Crippen molar-refractivity contribution in [3.05, 3.63) is 69.5 Å². The average molecular weight is 405 g/mol. The summed E-state index contributed by atoms with van der Waals surface area (Å²) in [6.07, 6.45) is 3.25. The van der Waals surface area contributed by atoms with Crippen molar-refractivity contribution in [2.24, 2.45) is 0 Å². The predicted octanol–water partition coefficient (Wildman–Crippen LogP) is 5.09. The zero-order valence-electron chi connectivity index (χ0n) is 13.9. The van der Waals surface area contributed by atoms with Gasteiger partial charge in [0.15, 0.2) is 0 Å². The first-order chi connectivity index (χ1) is 12.5. The molecule has 7 heteroatoms. The molecular weight excluding hydrogens is 388 g/mol. The third-order valence-corrected chi connectivity index (χ3v) is 7.39. The summed E-state index contributed by atoms with van der Waals surface area (Å²) in [5, 5.41) is 2.77. The van der Waals surface area contributed by atoms with E-state index in [0.29, 0.717) is 11.6 Å². The highest BCUT2D eigenvalue weighted by atomic mass is 35.5. The van der Waals surface area contributed by atoms with Crippen LogP contribution in [-0.2, 0) is 10.0 Å². The van der Waals surface area contributed by atoms with E-state index in [4.69, 9.17) is 11.6 Å². The molecule has 4 nitrogen and oxygen atoms in total. The molecule has 2 aromatic carbocycles. The minimum absolute atomic E-state index is 0.188. The normalized spacial score (nSPS) is 18.9. The molecule has 0 spiro atoms. The molecule has 1 aliphatic heterocycles. The first kappa shape index (κ1) is 17.7. The van der Waals surface area contributed by atoms with Crippen LogP contribution >= 0.6 is 22.9 Å². The molecule has 134 valence electrons. The van der Waals surface area contributed by atoms with Gasteiger partial charge in [0.05, 0.1) is 16.3 Å². The Kier molecular flexibility index (Phi) is 4.84. The van der Waals surface area contributed by atoms with Gasteiger partial charge in [0.2, 0.25) is 10.0 Å². The van der Waals surface area contributed by atoms with Gasteiger partial charge in [-0.3, -0.25) is 0 Å². The summed E-state index contributed by atoms with van der Waals surface area (Å²) in [5.74, 6) is 0. The Morgan fingerprint density at radius 1 is 1.15 bits per heavy atom. The van der Waals surface area contributed by atoms with Crippen LogP contribution in [0.3, 0.4) is 0 Å². The smallest absolute Gasteiger partial charge is 0.236 e. The molecule has 26 heavy (non-hydrogen) atoms. The summed E-state index contributed by atoms with van der Waals surface area (Å²) < 4.78 is 28.4. The van der Waals surface area contributed by atoms with Gasteiger partial charge in [-0.2, -0.15) is 4.31 Å². The lowest BCUT2D eigenvalue weighted by Gasteiger charge is -2.20. The van der Waals surface area contributed by atoms with Crippen LogP contribution in [-0.4, -0.2) is 24.3 Å². The van der Waals surface area contributed by atoms with E-state index < -0.39 is 10.0 Å². The maximum atomic E-state index is 12.9. The quantitative estimate of drug-likeness (QED) is 0.608. The monoisotopic (exact) mass is 404 g/mol. The van der Waals surface area contributed by atoms with Crippen molar-refractivity contribution in [3.8, 4) is 0 Å². The number of hydrogen-bond donors (Lipinski definition) is 0. The van der Waals surface area contributed by atoms with Crippen LogP contribution in [0.4, 0.5) is 0 Å². The van der Waals surface area contributed by atoms with Crippen molar-refractivity contribution >= 4 is 49.3 Å². The Morgan fingerprint density at radius 2 is 1.92 bits per heavy atom. The Bertz CT molecular complexity index is 1030. The number of para-hydroxylation sites is 1. The Morgan fingerprint density at radius 3 is 2.69 bits per heavy atom. The van der Waals surface area contributed by atoms with Crippen molar-refractivity contribution in [2.45, 2.75) is 18.9 Å². The summed E-state index contributed by atoms with van der Waals surface area (Å²) in [4.78, 5) is 4.66. The number of benzene rings is 2. The zero-order chi connectivity index (χ0) is 18.1. The highest BCUT2D eigenvalue weighted by Crippen LogP contribution is 2.38. The van der Waals surface area contributed by atoms with Crippen molar-refractivity contribution in [1.82, 2.24) is 9.29 Å². The second-order valence-corrected chi connectivity index (χ2v) is 9.46. The Hall–Kier alpha value is -1.73. The SMILES string of the molecule is O=S(=O)(/C=C/c1ccc(Cl)cc1)N1CCCC1c1nc2ccccc2s1. The second-order valence-electron chi connectivity index (χ2n) is 6.19. The topological polar surface area (TPSA) is 50.3 Å². The zero-order valence-corrected chi connectivity index (χ0v) is 16.3. The Balaban J connectivity index is 1.61. The number of rotatable bonds is 4. The fourth-order valence-electron chi connectivity index (χ4n) is 3.14. The van der Waals surface area contributed by atoms with E-state index in [-0.39, 0.29) is 6.04 Å². The fourth-order valence-corrected chi connectivity index (χ4v) is 5.88. The number of hydrogen-bond acceptors (Lipinski definition) is 4. The van der Waals surface area contributed by atoms with E-state index in [1.165, 1.54) is 5.41 Å². The number of sulfonamides is 1. The van der Waals surface area contributed by atoms with Gasteiger partial charge < -0.3 is 0 Å². The number of fused-ring (bicyclic) bond motifs is 1. The van der Waals surface area contributed by atoms with Crippen LogP contribution < -0.4 is 0 Å². The summed E-state index contributed by atoms with van der Waals surface area (Å²) in [6, 6.07) is 14.8. The van der Waals surface area contributed by atoms with Gasteiger partial charge in [-0.25, -0.2) is 13.4 Å². The molecule has 0 saturated carbocycles. The maximum Gasteiger partial charge on any atom is 0.236 e. The molecule has 2 heterocycles. The number of aromatic nitrogens is 1. The molecule has 1 aliphatic rings. The van der Waals surface area contributed by atoms with E-state index in [0.717, 1.165) is 33.6 Å². The van der Waals surface area contributed by atoms with Gasteiger partial charge in [0.25, 0.3) is 0 Å². The molecule has 0 amide bonds. The summed E-state index contributed by atoms with van der Waals surface area (Å²) >= 11 is 7.44. The molecule has 1 unspecified atom stereocenters. The first-order valence-electron chi connectivity index (χ1n) is 8.34. The van der Waals surface area contributed by atoms with Crippen molar-refractivity contribution in [2.75, 3.05) is 6.54 Å². The minimum Gasteiger partial charge on any atom is -0.239 e. The van der Waals surface area contributed by atoms with Crippen LogP contribution in [0.25, 0.3) is 16.3 Å².